The van der Waals surface area contributed by atoms with Crippen molar-refractivity contribution in [3.8, 4) is 0 Å². The molecule has 35 heavy (non-hydrogen) atoms. The van der Waals surface area contributed by atoms with Crippen molar-refractivity contribution in [2.24, 2.45) is 0 Å². The normalized spacial score (nSPS) is 21.0. The third-order valence-electron chi connectivity index (χ3n) is 6.97. The van der Waals surface area contributed by atoms with Gasteiger partial charge in [-0.25, -0.2) is 4.79 Å². The summed E-state index contributed by atoms with van der Waals surface area (Å²) >= 11 is 0. The molecular weight excluding hydrogens is 446 g/mol. The van der Waals surface area contributed by atoms with Gasteiger partial charge in [-0.15, -0.1) is 0 Å². The van der Waals surface area contributed by atoms with Gasteiger partial charge in [0.2, 0.25) is 0 Å². The fraction of sp³-hybridized carbons (Fsp3) is 0.704. The quantitative estimate of drug-likeness (QED) is 0.520. The number of hydrogen-bond acceptors (Lipinski definition) is 6. The highest BCUT2D eigenvalue weighted by atomic mass is 16.6. The van der Waals surface area contributed by atoms with Gasteiger partial charge in [0.05, 0.1) is 19.2 Å². The van der Waals surface area contributed by atoms with Crippen LogP contribution in [0.1, 0.15) is 64.1 Å². The number of methoxy groups -OCH3 is 1. The zero-order chi connectivity index (χ0) is 25.2. The first-order valence-electron chi connectivity index (χ1n) is 13.0. The summed E-state index contributed by atoms with van der Waals surface area (Å²) in [6, 6.07) is 6.80. The Morgan fingerprint density at radius 1 is 1.23 bits per heavy atom. The molecule has 0 radical (unpaired) electrons. The Labute approximate surface area is 209 Å². The second-order valence-electron chi connectivity index (χ2n) is 10.9. The van der Waals surface area contributed by atoms with Crippen molar-refractivity contribution in [3.63, 3.8) is 0 Å². The molecule has 0 N–H and O–H groups in total. The van der Waals surface area contributed by atoms with E-state index in [-0.39, 0.29) is 24.5 Å². The molecule has 1 saturated heterocycles. The molecule has 3 aliphatic rings. The van der Waals surface area contributed by atoms with E-state index in [1.165, 1.54) is 11.3 Å². The Balaban J connectivity index is 1.47. The summed E-state index contributed by atoms with van der Waals surface area (Å²) in [7, 11) is 1.74. The monoisotopic (exact) mass is 487 g/mol. The van der Waals surface area contributed by atoms with Gasteiger partial charge in [-0.3, -0.25) is 4.79 Å². The van der Waals surface area contributed by atoms with Crippen molar-refractivity contribution in [3.05, 3.63) is 29.3 Å². The van der Waals surface area contributed by atoms with E-state index in [0.29, 0.717) is 13.2 Å². The van der Waals surface area contributed by atoms with E-state index in [0.717, 1.165) is 50.9 Å². The average molecular weight is 488 g/mol. The van der Waals surface area contributed by atoms with Gasteiger partial charge < -0.3 is 28.9 Å². The molecule has 1 aromatic carbocycles. The van der Waals surface area contributed by atoms with Crippen molar-refractivity contribution in [1.29, 1.82) is 0 Å². The van der Waals surface area contributed by atoms with Gasteiger partial charge >= 0.3 is 6.09 Å². The lowest BCUT2D eigenvalue weighted by Crippen LogP contribution is -2.54. The second-order valence-corrected chi connectivity index (χ2v) is 10.9. The molecular formula is C27H41N3O5. The van der Waals surface area contributed by atoms with Crippen LogP contribution < -0.4 is 4.90 Å². The molecule has 4 rings (SSSR count). The summed E-state index contributed by atoms with van der Waals surface area (Å²) in [5, 5.41) is 0. The SMILES string of the molecule is COCCCN1CCc2ccc([C@H](C)N(C(=O)[C@H]3CN(C(=O)OC(C)(C)C)CCO3)C3CC3)cc21. The van der Waals surface area contributed by atoms with E-state index in [1.54, 1.807) is 12.0 Å². The second kappa shape index (κ2) is 10.7. The van der Waals surface area contributed by atoms with Gasteiger partial charge in [0, 0.05) is 45.1 Å². The minimum absolute atomic E-state index is 0.0364. The van der Waals surface area contributed by atoms with Crippen LogP contribution in [0.5, 0.6) is 0 Å². The van der Waals surface area contributed by atoms with Gasteiger partial charge in [0.15, 0.2) is 6.10 Å². The standard InChI is InChI=1S/C27H41N3O5/c1-19(21-8-7-20-11-13-28(23(20)17-21)12-6-15-33-5)30(22-9-10-22)25(31)24-18-29(14-16-34-24)26(32)35-27(2,3)4/h7-8,17,19,22,24H,6,9-16,18H2,1-5H3/t19-,24+/m0/s1. The molecule has 0 spiro atoms. The maximum Gasteiger partial charge on any atom is 0.410 e. The summed E-state index contributed by atoms with van der Waals surface area (Å²) in [6.07, 6.45) is 3.00. The number of benzene rings is 1. The number of rotatable bonds is 8. The van der Waals surface area contributed by atoms with Crippen LogP contribution in [0.3, 0.4) is 0 Å². The minimum atomic E-state index is -0.667. The number of ether oxygens (including phenoxy) is 3. The molecule has 8 nitrogen and oxygen atoms in total. The lowest BCUT2D eigenvalue weighted by molar-refractivity contribution is -0.151. The van der Waals surface area contributed by atoms with Gasteiger partial charge in [0.1, 0.15) is 5.60 Å². The molecule has 2 aliphatic heterocycles. The van der Waals surface area contributed by atoms with Crippen molar-refractivity contribution in [1.82, 2.24) is 9.80 Å². The summed E-state index contributed by atoms with van der Waals surface area (Å²) in [6.45, 7) is 11.4. The number of fused-ring (bicyclic) bond motifs is 1. The number of morpholine rings is 1. The number of anilines is 1. The third kappa shape index (κ3) is 6.28. The van der Waals surface area contributed by atoms with Crippen molar-refractivity contribution in [2.45, 2.75) is 77.2 Å². The molecule has 1 aromatic rings. The lowest BCUT2D eigenvalue weighted by atomic mass is 10.0. The first kappa shape index (κ1) is 25.8. The van der Waals surface area contributed by atoms with Crippen LogP contribution in [0.2, 0.25) is 0 Å². The highest BCUT2D eigenvalue weighted by molar-refractivity contribution is 5.83. The Morgan fingerprint density at radius 3 is 2.69 bits per heavy atom. The highest BCUT2D eigenvalue weighted by Gasteiger charge is 2.42. The molecule has 2 fully saturated rings. The lowest BCUT2D eigenvalue weighted by Gasteiger charge is -2.38. The van der Waals surface area contributed by atoms with Crippen molar-refractivity contribution >= 4 is 17.7 Å². The first-order chi connectivity index (χ1) is 16.7. The Morgan fingerprint density at radius 2 is 2.00 bits per heavy atom. The molecule has 194 valence electrons. The van der Waals surface area contributed by atoms with Gasteiger partial charge in [-0.2, -0.15) is 0 Å². The third-order valence-corrected chi connectivity index (χ3v) is 6.97. The first-order valence-corrected chi connectivity index (χ1v) is 13.0. The summed E-state index contributed by atoms with van der Waals surface area (Å²) in [4.78, 5) is 32.3. The van der Waals surface area contributed by atoms with Crippen LogP contribution in [0.25, 0.3) is 0 Å². The number of carbonyl (C=O) groups is 2. The Bertz CT molecular complexity index is 911. The maximum atomic E-state index is 13.7. The zero-order valence-electron chi connectivity index (χ0n) is 21.9. The molecule has 2 atom stereocenters. The molecule has 0 bridgehead atoms. The van der Waals surface area contributed by atoms with Crippen LogP contribution in [-0.4, -0.2) is 86.0 Å². The van der Waals surface area contributed by atoms with Crippen LogP contribution in [0.4, 0.5) is 10.5 Å². The smallest absolute Gasteiger partial charge is 0.410 e. The summed E-state index contributed by atoms with van der Waals surface area (Å²) in [5.41, 5.74) is 3.21. The van der Waals surface area contributed by atoms with E-state index in [1.807, 2.05) is 25.7 Å². The number of hydrogen-bond donors (Lipinski definition) is 0. The van der Waals surface area contributed by atoms with Crippen molar-refractivity contribution in [2.75, 3.05) is 51.4 Å². The van der Waals surface area contributed by atoms with E-state index in [9.17, 15) is 9.59 Å². The molecule has 2 heterocycles. The van der Waals surface area contributed by atoms with Gasteiger partial charge in [-0.1, -0.05) is 12.1 Å². The average Bonchev–Trinajstić information content (AvgIpc) is 3.57. The molecule has 0 aromatic heterocycles. The number of carbonyl (C=O) groups excluding carboxylic acids is 2. The molecule has 2 amide bonds. The maximum absolute atomic E-state index is 13.7. The van der Waals surface area contributed by atoms with E-state index >= 15 is 0 Å². The van der Waals surface area contributed by atoms with E-state index in [4.69, 9.17) is 14.2 Å². The Hall–Kier alpha value is -2.32. The van der Waals surface area contributed by atoms with Crippen LogP contribution in [0, 0.1) is 0 Å². The molecule has 1 saturated carbocycles. The molecule has 8 heteroatoms. The fourth-order valence-electron chi connectivity index (χ4n) is 5.01. The predicted octanol–water partition coefficient (Wildman–Crippen LogP) is 3.77. The topological polar surface area (TPSA) is 71.6 Å². The van der Waals surface area contributed by atoms with Gasteiger partial charge in [0.25, 0.3) is 5.91 Å². The van der Waals surface area contributed by atoms with Crippen molar-refractivity contribution < 1.29 is 23.8 Å². The van der Waals surface area contributed by atoms with Crippen LogP contribution >= 0.6 is 0 Å². The molecule has 1 aliphatic carbocycles. The predicted molar refractivity (Wildman–Crippen MR) is 135 cm³/mol. The highest BCUT2D eigenvalue weighted by Crippen LogP contribution is 2.38. The van der Waals surface area contributed by atoms with Crippen LogP contribution in [-0.2, 0) is 25.4 Å². The van der Waals surface area contributed by atoms with Gasteiger partial charge in [-0.05, 0) is 70.6 Å². The number of nitrogens with zero attached hydrogens (tertiary/aromatic N) is 3. The molecule has 0 unspecified atom stereocenters. The minimum Gasteiger partial charge on any atom is -0.444 e. The fourth-order valence-corrected chi connectivity index (χ4v) is 5.01. The van der Waals surface area contributed by atoms with E-state index in [2.05, 4.69) is 30.0 Å². The van der Waals surface area contributed by atoms with E-state index < -0.39 is 17.8 Å². The summed E-state index contributed by atoms with van der Waals surface area (Å²) in [5.74, 6) is -0.0364. The van der Waals surface area contributed by atoms with Crippen LogP contribution in [0.15, 0.2) is 18.2 Å². The number of amides is 2. The largest absolute Gasteiger partial charge is 0.444 e. The zero-order valence-corrected chi connectivity index (χ0v) is 21.9. The summed E-state index contributed by atoms with van der Waals surface area (Å²) < 4.78 is 16.6. The Kier molecular flexibility index (Phi) is 7.91.